The lowest BCUT2D eigenvalue weighted by molar-refractivity contribution is 0.404. The minimum absolute atomic E-state index is 0.636. The molecule has 0 amide bonds. The largest absolute Gasteiger partial charge is 0.312 e. The molecular formula is C17H20N4. The van der Waals surface area contributed by atoms with Gasteiger partial charge in [0.15, 0.2) is 5.82 Å². The van der Waals surface area contributed by atoms with E-state index in [-0.39, 0.29) is 0 Å². The van der Waals surface area contributed by atoms with Crippen LogP contribution in [-0.4, -0.2) is 21.5 Å². The van der Waals surface area contributed by atoms with Crippen molar-refractivity contribution < 1.29 is 0 Å². The number of rotatable bonds is 2. The van der Waals surface area contributed by atoms with E-state index in [4.69, 9.17) is 9.97 Å². The fourth-order valence-corrected chi connectivity index (χ4v) is 3.21. The van der Waals surface area contributed by atoms with E-state index in [0.29, 0.717) is 5.92 Å². The predicted octanol–water partition coefficient (Wildman–Crippen LogP) is 2.76. The van der Waals surface area contributed by atoms with E-state index in [9.17, 15) is 0 Å². The van der Waals surface area contributed by atoms with Gasteiger partial charge in [0, 0.05) is 48.9 Å². The molecule has 3 heterocycles. The molecule has 0 aromatic carbocycles. The Balaban J connectivity index is 1.86. The van der Waals surface area contributed by atoms with Gasteiger partial charge in [0.05, 0.1) is 11.4 Å². The second kappa shape index (κ2) is 5.19. The molecule has 4 heteroatoms. The van der Waals surface area contributed by atoms with Gasteiger partial charge in [0.2, 0.25) is 0 Å². The summed E-state index contributed by atoms with van der Waals surface area (Å²) in [4.78, 5) is 14.1. The van der Waals surface area contributed by atoms with Gasteiger partial charge in [0.1, 0.15) is 0 Å². The second-order valence-electron chi connectivity index (χ2n) is 6.10. The first-order valence-corrected chi connectivity index (χ1v) is 7.84. The molecule has 1 aliphatic carbocycles. The van der Waals surface area contributed by atoms with Crippen LogP contribution in [0, 0.1) is 6.92 Å². The van der Waals surface area contributed by atoms with Gasteiger partial charge in [0.25, 0.3) is 0 Å². The summed E-state index contributed by atoms with van der Waals surface area (Å²) in [7, 11) is 0. The van der Waals surface area contributed by atoms with Crippen LogP contribution in [0.2, 0.25) is 0 Å². The van der Waals surface area contributed by atoms with E-state index < -0.39 is 0 Å². The third-order valence-corrected chi connectivity index (χ3v) is 4.74. The molecule has 0 radical (unpaired) electrons. The van der Waals surface area contributed by atoms with Crippen LogP contribution in [0.5, 0.6) is 0 Å². The Morgan fingerprint density at radius 2 is 2.14 bits per heavy atom. The Hall–Kier alpha value is -1.81. The lowest BCUT2D eigenvalue weighted by Crippen LogP contribution is -2.28. The van der Waals surface area contributed by atoms with E-state index >= 15 is 0 Å². The van der Waals surface area contributed by atoms with Gasteiger partial charge in [-0.05, 0) is 31.4 Å². The number of aryl methyl sites for hydroxylation is 1. The highest BCUT2D eigenvalue weighted by Gasteiger charge is 2.27. The van der Waals surface area contributed by atoms with Crippen molar-refractivity contribution in [1.82, 2.24) is 20.3 Å². The van der Waals surface area contributed by atoms with Crippen molar-refractivity contribution in [1.29, 1.82) is 0 Å². The number of hydrogen-bond acceptors (Lipinski definition) is 4. The van der Waals surface area contributed by atoms with Gasteiger partial charge < -0.3 is 5.32 Å². The summed E-state index contributed by atoms with van der Waals surface area (Å²) >= 11 is 0. The summed E-state index contributed by atoms with van der Waals surface area (Å²) in [5, 5.41) is 3.46. The summed E-state index contributed by atoms with van der Waals surface area (Å²) in [6, 6.07) is 2.03. The molecule has 21 heavy (non-hydrogen) atoms. The molecule has 1 fully saturated rings. The summed E-state index contributed by atoms with van der Waals surface area (Å²) in [6.07, 6.45) is 8.60. The fourth-order valence-electron chi connectivity index (χ4n) is 3.21. The highest BCUT2D eigenvalue weighted by Crippen LogP contribution is 2.39. The van der Waals surface area contributed by atoms with Crippen LogP contribution in [0.3, 0.4) is 0 Å². The Labute approximate surface area is 125 Å². The number of pyridine rings is 1. The molecule has 4 rings (SSSR count). The predicted molar refractivity (Wildman–Crippen MR) is 82.0 cm³/mol. The maximum Gasteiger partial charge on any atom is 0.161 e. The van der Waals surface area contributed by atoms with E-state index in [1.807, 2.05) is 18.5 Å². The zero-order chi connectivity index (χ0) is 14.2. The van der Waals surface area contributed by atoms with Crippen LogP contribution in [0.25, 0.3) is 11.4 Å². The van der Waals surface area contributed by atoms with Gasteiger partial charge in [-0.3, -0.25) is 4.98 Å². The molecule has 0 bridgehead atoms. The maximum atomic E-state index is 4.95. The topological polar surface area (TPSA) is 50.7 Å². The van der Waals surface area contributed by atoms with Crippen LogP contribution in [0.4, 0.5) is 0 Å². The summed E-state index contributed by atoms with van der Waals surface area (Å²) in [5.41, 5.74) is 6.15. The first kappa shape index (κ1) is 12.9. The Morgan fingerprint density at radius 1 is 1.24 bits per heavy atom. The molecule has 1 saturated carbocycles. The fraction of sp³-hybridized carbons (Fsp3) is 0.471. The number of fused-ring (bicyclic) bond motifs is 1. The molecule has 0 saturated heterocycles. The summed E-state index contributed by atoms with van der Waals surface area (Å²) in [6.45, 7) is 4.04. The minimum atomic E-state index is 0.636. The third-order valence-electron chi connectivity index (χ3n) is 4.74. The van der Waals surface area contributed by atoms with Crippen LogP contribution >= 0.6 is 0 Å². The smallest absolute Gasteiger partial charge is 0.161 e. The van der Waals surface area contributed by atoms with Crippen molar-refractivity contribution in [2.75, 3.05) is 6.54 Å². The van der Waals surface area contributed by atoms with Crippen molar-refractivity contribution in [2.45, 2.75) is 45.1 Å². The second-order valence-corrected chi connectivity index (χ2v) is 6.10. The molecule has 1 aliphatic heterocycles. The maximum absolute atomic E-state index is 4.95. The van der Waals surface area contributed by atoms with E-state index in [1.54, 1.807) is 0 Å². The standard InChI is InChI=1S/C17H20N4/c1-11-5-7-18-9-13(11)17-20-15-6-8-19-10-14(15)16(21-17)12-3-2-4-12/h5,7,9,12,19H,2-4,6,8,10H2,1H3. The zero-order valence-electron chi connectivity index (χ0n) is 12.4. The van der Waals surface area contributed by atoms with E-state index in [2.05, 4.69) is 17.2 Å². The number of nitrogens with zero attached hydrogens (tertiary/aromatic N) is 3. The van der Waals surface area contributed by atoms with Gasteiger partial charge in [-0.2, -0.15) is 0 Å². The minimum Gasteiger partial charge on any atom is -0.312 e. The average Bonchev–Trinajstić information content (AvgIpc) is 2.46. The summed E-state index contributed by atoms with van der Waals surface area (Å²) in [5.74, 6) is 1.50. The lowest BCUT2D eigenvalue weighted by Gasteiger charge is -2.30. The molecule has 0 spiro atoms. The van der Waals surface area contributed by atoms with E-state index in [1.165, 1.54) is 41.8 Å². The number of aromatic nitrogens is 3. The van der Waals surface area contributed by atoms with Crippen LogP contribution in [-0.2, 0) is 13.0 Å². The van der Waals surface area contributed by atoms with Crippen LogP contribution < -0.4 is 5.32 Å². The van der Waals surface area contributed by atoms with Gasteiger partial charge in [-0.1, -0.05) is 6.42 Å². The third kappa shape index (κ3) is 2.23. The number of nitrogens with one attached hydrogen (secondary N) is 1. The molecule has 2 aliphatic rings. The number of hydrogen-bond donors (Lipinski definition) is 1. The first-order valence-electron chi connectivity index (χ1n) is 7.84. The van der Waals surface area contributed by atoms with Crippen molar-refractivity contribution in [3.05, 3.63) is 41.0 Å². The van der Waals surface area contributed by atoms with Crippen LogP contribution in [0.1, 0.15) is 47.7 Å². The van der Waals surface area contributed by atoms with Crippen molar-refractivity contribution in [3.8, 4) is 11.4 Å². The molecule has 108 valence electrons. The molecule has 1 N–H and O–H groups in total. The van der Waals surface area contributed by atoms with E-state index in [0.717, 1.165) is 30.9 Å². The molecule has 0 unspecified atom stereocenters. The molecule has 2 aromatic heterocycles. The highest BCUT2D eigenvalue weighted by atomic mass is 15.0. The van der Waals surface area contributed by atoms with Crippen molar-refractivity contribution >= 4 is 0 Å². The van der Waals surface area contributed by atoms with Gasteiger partial charge >= 0.3 is 0 Å². The zero-order valence-corrected chi connectivity index (χ0v) is 12.4. The van der Waals surface area contributed by atoms with Crippen LogP contribution in [0.15, 0.2) is 18.5 Å². The normalized spacial score (nSPS) is 18.1. The average molecular weight is 280 g/mol. The van der Waals surface area contributed by atoms with Gasteiger partial charge in [-0.15, -0.1) is 0 Å². The quantitative estimate of drug-likeness (QED) is 0.919. The molecular weight excluding hydrogens is 260 g/mol. The Morgan fingerprint density at radius 3 is 2.90 bits per heavy atom. The molecule has 4 nitrogen and oxygen atoms in total. The van der Waals surface area contributed by atoms with Crippen molar-refractivity contribution in [2.24, 2.45) is 0 Å². The molecule has 2 aromatic rings. The Bertz CT molecular complexity index is 676. The monoisotopic (exact) mass is 280 g/mol. The summed E-state index contributed by atoms with van der Waals surface area (Å²) < 4.78 is 0. The van der Waals surface area contributed by atoms with Gasteiger partial charge in [-0.25, -0.2) is 9.97 Å². The first-order chi connectivity index (χ1) is 10.3. The highest BCUT2D eigenvalue weighted by molar-refractivity contribution is 5.59. The van der Waals surface area contributed by atoms with Crippen molar-refractivity contribution in [3.63, 3.8) is 0 Å². The molecule has 0 atom stereocenters. The lowest BCUT2D eigenvalue weighted by atomic mass is 9.80. The Kier molecular flexibility index (Phi) is 3.19. The SMILES string of the molecule is Cc1ccncc1-c1nc2c(c(C3CCC3)n1)CNCC2.